The zero-order valence-corrected chi connectivity index (χ0v) is 11.9. The summed E-state index contributed by atoms with van der Waals surface area (Å²) in [5, 5.41) is 4.45. The molecule has 3 nitrogen and oxygen atoms in total. The van der Waals surface area contributed by atoms with Gasteiger partial charge in [-0.2, -0.15) is 0 Å². The van der Waals surface area contributed by atoms with Gasteiger partial charge in [-0.3, -0.25) is 0 Å². The van der Waals surface area contributed by atoms with E-state index in [4.69, 9.17) is 5.73 Å². The van der Waals surface area contributed by atoms with Gasteiger partial charge in [0.15, 0.2) is 0 Å². The molecule has 1 aromatic heterocycles. The number of nitrogens with zero attached hydrogens (tertiary/aromatic N) is 1. The number of thiazole rings is 1. The van der Waals surface area contributed by atoms with Crippen LogP contribution in [0.15, 0.2) is 28.9 Å². The molecule has 0 amide bonds. The molecule has 0 atom stereocenters. The van der Waals surface area contributed by atoms with Crippen LogP contribution in [-0.2, 0) is 13.1 Å². The van der Waals surface area contributed by atoms with E-state index in [1.807, 2.05) is 24.4 Å². The molecule has 0 radical (unpaired) electrons. The first-order valence-electron chi connectivity index (χ1n) is 5.31. The third kappa shape index (κ3) is 3.52. The summed E-state index contributed by atoms with van der Waals surface area (Å²) in [4.78, 5) is 5.54. The van der Waals surface area contributed by atoms with Crippen LogP contribution in [-0.4, -0.2) is 4.98 Å². The Labute approximate surface area is 113 Å². The molecule has 1 heterocycles. The van der Waals surface area contributed by atoms with Gasteiger partial charge in [-0.05, 0) is 24.6 Å². The number of hydrogen-bond donors (Lipinski definition) is 2. The van der Waals surface area contributed by atoms with Gasteiger partial charge in [0, 0.05) is 34.3 Å². The average Bonchev–Trinajstić information content (AvgIpc) is 2.68. The maximum absolute atomic E-state index is 5.92. The Hall–Kier alpha value is -0.910. The number of nitrogens with one attached hydrogen (secondary N) is 1. The lowest BCUT2D eigenvalue weighted by atomic mass is 10.2. The second kappa shape index (κ2) is 5.62. The summed E-state index contributed by atoms with van der Waals surface area (Å²) in [7, 11) is 0. The molecule has 3 N–H and O–H groups in total. The molecule has 90 valence electrons. The van der Waals surface area contributed by atoms with E-state index in [-0.39, 0.29) is 0 Å². The first kappa shape index (κ1) is 12.5. The highest BCUT2D eigenvalue weighted by Gasteiger charge is 2.01. The minimum atomic E-state index is 0.762. The normalized spacial score (nSPS) is 10.7. The van der Waals surface area contributed by atoms with E-state index in [9.17, 15) is 0 Å². The summed E-state index contributed by atoms with van der Waals surface area (Å²) in [6, 6.07) is 5.95. The second-order valence-corrected chi connectivity index (χ2v) is 6.05. The van der Waals surface area contributed by atoms with Gasteiger partial charge in [0.05, 0.1) is 0 Å². The Morgan fingerprint density at radius 3 is 2.88 bits per heavy atom. The van der Waals surface area contributed by atoms with E-state index in [2.05, 4.69) is 33.2 Å². The van der Waals surface area contributed by atoms with Crippen LogP contribution in [0.5, 0.6) is 0 Å². The smallest absolute Gasteiger partial charge is 0.107 e. The number of rotatable bonds is 4. The third-order valence-electron chi connectivity index (χ3n) is 2.37. The number of nitrogens with two attached hydrogens (primary N) is 1. The summed E-state index contributed by atoms with van der Waals surface area (Å²) in [5.74, 6) is 0. The maximum atomic E-state index is 5.92. The molecule has 0 aliphatic carbocycles. The highest BCUT2D eigenvalue weighted by atomic mass is 79.9. The molecule has 0 bridgehead atoms. The number of anilines is 1. The van der Waals surface area contributed by atoms with Crippen molar-refractivity contribution in [3.05, 3.63) is 44.3 Å². The van der Waals surface area contributed by atoms with Crippen LogP contribution in [0.1, 0.15) is 15.4 Å². The molecule has 1 aromatic carbocycles. The van der Waals surface area contributed by atoms with Crippen LogP contribution in [0, 0.1) is 6.92 Å². The van der Waals surface area contributed by atoms with E-state index >= 15 is 0 Å². The minimum absolute atomic E-state index is 0.762. The highest BCUT2D eigenvalue weighted by Crippen LogP contribution is 2.18. The molecule has 0 saturated carbocycles. The first-order chi connectivity index (χ1) is 8.15. The fourth-order valence-corrected chi connectivity index (χ4v) is 2.65. The predicted molar refractivity (Wildman–Crippen MR) is 75.9 cm³/mol. The van der Waals surface area contributed by atoms with Crippen LogP contribution >= 0.6 is 27.3 Å². The standard InChI is InChI=1S/C12H14BrN3S/c1-8-5-16-12(17-8)7-15-6-9-2-3-10(13)4-11(9)14/h2-5,15H,6-7,14H2,1H3. The Morgan fingerprint density at radius 2 is 2.24 bits per heavy atom. The molecular formula is C12H14BrN3S. The van der Waals surface area contributed by atoms with E-state index < -0.39 is 0 Å². The van der Waals surface area contributed by atoms with Crippen LogP contribution in [0.2, 0.25) is 0 Å². The van der Waals surface area contributed by atoms with Gasteiger partial charge in [0.25, 0.3) is 0 Å². The molecule has 0 saturated heterocycles. The zero-order chi connectivity index (χ0) is 12.3. The number of nitrogen functional groups attached to an aromatic ring is 1. The van der Waals surface area contributed by atoms with Crippen molar-refractivity contribution in [3.63, 3.8) is 0 Å². The Balaban J connectivity index is 1.90. The van der Waals surface area contributed by atoms with Crippen molar-refractivity contribution in [3.8, 4) is 0 Å². The van der Waals surface area contributed by atoms with E-state index in [1.165, 1.54) is 4.88 Å². The topological polar surface area (TPSA) is 50.9 Å². The van der Waals surface area contributed by atoms with Crippen LogP contribution in [0.25, 0.3) is 0 Å². The predicted octanol–water partition coefficient (Wildman–Crippen LogP) is 3.09. The monoisotopic (exact) mass is 311 g/mol. The molecule has 2 aromatic rings. The number of aromatic nitrogens is 1. The lowest BCUT2D eigenvalue weighted by molar-refractivity contribution is 0.691. The molecule has 0 fully saturated rings. The summed E-state index contributed by atoms with van der Waals surface area (Å²) in [5.41, 5.74) is 7.84. The van der Waals surface area contributed by atoms with E-state index in [1.54, 1.807) is 11.3 Å². The van der Waals surface area contributed by atoms with Gasteiger partial charge < -0.3 is 11.1 Å². The van der Waals surface area contributed by atoms with E-state index in [0.717, 1.165) is 33.8 Å². The van der Waals surface area contributed by atoms with Gasteiger partial charge in [-0.25, -0.2) is 4.98 Å². The maximum Gasteiger partial charge on any atom is 0.107 e. The molecule has 0 aliphatic heterocycles. The van der Waals surface area contributed by atoms with Crippen molar-refractivity contribution >= 4 is 33.0 Å². The minimum Gasteiger partial charge on any atom is -0.398 e. The fraction of sp³-hybridized carbons (Fsp3) is 0.250. The van der Waals surface area contributed by atoms with Crippen LogP contribution < -0.4 is 11.1 Å². The number of benzene rings is 1. The summed E-state index contributed by atoms with van der Waals surface area (Å²) < 4.78 is 1.01. The summed E-state index contributed by atoms with van der Waals surface area (Å²) >= 11 is 5.11. The second-order valence-electron chi connectivity index (χ2n) is 3.81. The fourth-order valence-electron chi connectivity index (χ4n) is 1.51. The molecule has 2 rings (SSSR count). The third-order valence-corrected chi connectivity index (χ3v) is 3.77. The first-order valence-corrected chi connectivity index (χ1v) is 6.92. The SMILES string of the molecule is Cc1cnc(CNCc2ccc(Br)cc2N)s1. The zero-order valence-electron chi connectivity index (χ0n) is 9.53. The van der Waals surface area contributed by atoms with Crippen molar-refractivity contribution in [2.24, 2.45) is 0 Å². The van der Waals surface area contributed by atoms with Gasteiger partial charge in [-0.1, -0.05) is 22.0 Å². The molecule has 0 aliphatic rings. The number of aryl methyl sites for hydroxylation is 1. The Morgan fingerprint density at radius 1 is 1.41 bits per heavy atom. The van der Waals surface area contributed by atoms with Crippen molar-refractivity contribution in [1.29, 1.82) is 0 Å². The van der Waals surface area contributed by atoms with Crippen molar-refractivity contribution in [2.75, 3.05) is 5.73 Å². The molecule has 0 unspecified atom stereocenters. The molecular weight excluding hydrogens is 298 g/mol. The van der Waals surface area contributed by atoms with Crippen LogP contribution in [0.4, 0.5) is 5.69 Å². The Kier molecular flexibility index (Phi) is 4.15. The quantitative estimate of drug-likeness (QED) is 0.853. The molecule has 5 heteroatoms. The molecule has 0 spiro atoms. The van der Waals surface area contributed by atoms with Gasteiger partial charge in [-0.15, -0.1) is 11.3 Å². The lowest BCUT2D eigenvalue weighted by Crippen LogP contribution is -2.13. The van der Waals surface area contributed by atoms with Crippen molar-refractivity contribution in [1.82, 2.24) is 10.3 Å². The Bertz CT molecular complexity index is 510. The summed E-state index contributed by atoms with van der Waals surface area (Å²) in [6.45, 7) is 3.61. The van der Waals surface area contributed by atoms with Crippen molar-refractivity contribution in [2.45, 2.75) is 20.0 Å². The number of halogens is 1. The van der Waals surface area contributed by atoms with Crippen LogP contribution in [0.3, 0.4) is 0 Å². The average molecular weight is 312 g/mol. The van der Waals surface area contributed by atoms with Crippen molar-refractivity contribution < 1.29 is 0 Å². The lowest BCUT2D eigenvalue weighted by Gasteiger charge is -2.06. The number of hydrogen-bond acceptors (Lipinski definition) is 4. The van der Waals surface area contributed by atoms with E-state index in [0.29, 0.717) is 0 Å². The van der Waals surface area contributed by atoms with Gasteiger partial charge in [0.1, 0.15) is 5.01 Å². The highest BCUT2D eigenvalue weighted by molar-refractivity contribution is 9.10. The summed E-state index contributed by atoms with van der Waals surface area (Å²) in [6.07, 6.45) is 1.90. The van der Waals surface area contributed by atoms with Gasteiger partial charge >= 0.3 is 0 Å². The molecule has 17 heavy (non-hydrogen) atoms. The largest absolute Gasteiger partial charge is 0.398 e. The van der Waals surface area contributed by atoms with Gasteiger partial charge in [0.2, 0.25) is 0 Å².